The molecule has 0 aliphatic heterocycles. The van der Waals surface area contributed by atoms with Crippen LogP contribution in [-0.2, 0) is 16.6 Å². The van der Waals surface area contributed by atoms with Gasteiger partial charge in [-0.2, -0.15) is 4.31 Å². The fourth-order valence-electron chi connectivity index (χ4n) is 1.52. The molecule has 2 aromatic heterocycles. The molecule has 0 aliphatic rings. The van der Waals surface area contributed by atoms with Crippen LogP contribution in [0.5, 0.6) is 0 Å². The zero-order chi connectivity index (χ0) is 13.9. The minimum atomic E-state index is -3.74. The number of nitrogens with zero attached hydrogens (tertiary/aromatic N) is 2. The molecule has 19 heavy (non-hydrogen) atoms. The molecule has 2 rings (SSSR count). The molecule has 0 saturated carbocycles. The van der Waals surface area contributed by atoms with E-state index in [0.717, 1.165) is 9.87 Å². The number of sulfonamides is 1. The van der Waals surface area contributed by atoms with Crippen molar-refractivity contribution in [3.8, 4) is 0 Å². The third-order valence-corrected chi connectivity index (χ3v) is 4.22. The number of carbonyl (C=O) groups excluding carboxylic acids is 1. The predicted octanol–water partition coefficient (Wildman–Crippen LogP) is 1.31. The topological polar surface area (TPSA) is 80.5 Å². The van der Waals surface area contributed by atoms with E-state index in [0.29, 0.717) is 6.29 Å². The second kappa shape index (κ2) is 5.33. The van der Waals surface area contributed by atoms with Crippen LogP contribution in [0.15, 0.2) is 46.2 Å². The molecule has 6 nitrogen and oxygen atoms in total. The predicted molar refractivity (Wildman–Crippen MR) is 67.0 cm³/mol. The first-order chi connectivity index (χ1) is 9.04. The summed E-state index contributed by atoms with van der Waals surface area (Å²) in [6, 6.07) is 6.04. The summed E-state index contributed by atoms with van der Waals surface area (Å²) in [5, 5.41) is -0.244. The Morgan fingerprint density at radius 3 is 2.53 bits per heavy atom. The van der Waals surface area contributed by atoms with Crippen LogP contribution in [0.3, 0.4) is 0 Å². The molecule has 0 atom stereocenters. The number of aldehydes is 1. The molecule has 0 aliphatic carbocycles. The summed E-state index contributed by atoms with van der Waals surface area (Å²) in [5.74, 6) is -0.0177. The van der Waals surface area contributed by atoms with Crippen LogP contribution in [0.25, 0.3) is 0 Å². The van der Waals surface area contributed by atoms with Crippen molar-refractivity contribution >= 4 is 16.3 Å². The van der Waals surface area contributed by atoms with Crippen LogP contribution in [0.2, 0.25) is 0 Å². The van der Waals surface area contributed by atoms with E-state index < -0.39 is 10.0 Å². The first-order valence-electron chi connectivity index (χ1n) is 5.44. The average molecular weight is 280 g/mol. The van der Waals surface area contributed by atoms with E-state index in [1.807, 2.05) is 0 Å². The zero-order valence-corrected chi connectivity index (χ0v) is 11.0. The number of furan rings is 1. The molecule has 0 unspecified atom stereocenters. The highest BCUT2D eigenvalue weighted by Gasteiger charge is 2.24. The SMILES string of the molecule is CN(Cc1ccncc1)S(=O)(=O)c1ccc(C=O)o1. The summed E-state index contributed by atoms with van der Waals surface area (Å²) in [7, 11) is -2.30. The average Bonchev–Trinajstić information content (AvgIpc) is 2.89. The van der Waals surface area contributed by atoms with Gasteiger partial charge in [-0.1, -0.05) is 0 Å². The number of hydrogen-bond donors (Lipinski definition) is 0. The normalized spacial score (nSPS) is 11.7. The number of carbonyl (C=O) groups is 1. The molecule has 0 spiro atoms. The van der Waals surface area contributed by atoms with E-state index >= 15 is 0 Å². The Bertz CT molecular complexity index is 664. The third kappa shape index (κ3) is 2.88. The van der Waals surface area contributed by atoms with Crippen molar-refractivity contribution in [1.82, 2.24) is 9.29 Å². The Balaban J connectivity index is 2.22. The van der Waals surface area contributed by atoms with E-state index in [-0.39, 0.29) is 17.4 Å². The van der Waals surface area contributed by atoms with Crippen molar-refractivity contribution in [2.45, 2.75) is 11.6 Å². The van der Waals surface area contributed by atoms with Crippen molar-refractivity contribution < 1.29 is 17.6 Å². The van der Waals surface area contributed by atoms with E-state index in [9.17, 15) is 13.2 Å². The largest absolute Gasteiger partial charge is 0.440 e. The van der Waals surface area contributed by atoms with Gasteiger partial charge in [0.2, 0.25) is 5.09 Å². The molecule has 2 heterocycles. The standard InChI is InChI=1S/C12H12N2O4S/c1-14(8-10-4-6-13-7-5-10)19(16,17)12-3-2-11(9-15)18-12/h2-7,9H,8H2,1H3. The maximum absolute atomic E-state index is 12.2. The second-order valence-electron chi connectivity index (χ2n) is 3.89. The van der Waals surface area contributed by atoms with Crippen molar-refractivity contribution in [2.75, 3.05) is 7.05 Å². The van der Waals surface area contributed by atoms with Gasteiger partial charge in [-0.25, -0.2) is 8.42 Å². The summed E-state index contributed by atoms with van der Waals surface area (Å²) in [6.07, 6.45) is 3.64. The van der Waals surface area contributed by atoms with Crippen molar-refractivity contribution in [2.24, 2.45) is 0 Å². The van der Waals surface area contributed by atoms with E-state index in [4.69, 9.17) is 4.42 Å². The molecule has 0 fully saturated rings. The van der Waals surface area contributed by atoms with E-state index in [1.165, 1.54) is 19.2 Å². The Labute approximate surface area is 110 Å². The molecular formula is C12H12N2O4S. The number of aromatic nitrogens is 1. The summed E-state index contributed by atoms with van der Waals surface area (Å²) in [4.78, 5) is 14.4. The summed E-state index contributed by atoms with van der Waals surface area (Å²) in [5.41, 5.74) is 0.809. The lowest BCUT2D eigenvalue weighted by Crippen LogP contribution is -2.26. The van der Waals surface area contributed by atoms with Gasteiger partial charge in [0.1, 0.15) is 0 Å². The van der Waals surface area contributed by atoms with Crippen molar-refractivity contribution in [1.29, 1.82) is 0 Å². The van der Waals surface area contributed by atoms with Crippen LogP contribution in [0.1, 0.15) is 16.1 Å². The van der Waals surface area contributed by atoms with Gasteiger partial charge in [-0.15, -0.1) is 0 Å². The third-order valence-electron chi connectivity index (χ3n) is 2.54. The van der Waals surface area contributed by atoms with Gasteiger partial charge >= 0.3 is 0 Å². The molecule has 7 heteroatoms. The summed E-state index contributed by atoms with van der Waals surface area (Å²) < 4.78 is 30.4. The van der Waals surface area contributed by atoms with Gasteiger partial charge in [-0.3, -0.25) is 9.78 Å². The van der Waals surface area contributed by atoms with E-state index in [2.05, 4.69) is 4.98 Å². The van der Waals surface area contributed by atoms with Gasteiger partial charge in [-0.05, 0) is 29.8 Å². The summed E-state index contributed by atoms with van der Waals surface area (Å²) in [6.45, 7) is 0.196. The smallest absolute Gasteiger partial charge is 0.276 e. The fourth-order valence-corrected chi connectivity index (χ4v) is 2.59. The monoisotopic (exact) mass is 280 g/mol. The molecule has 0 bridgehead atoms. The van der Waals surface area contributed by atoms with Crippen LogP contribution in [0, 0.1) is 0 Å². The fraction of sp³-hybridized carbons (Fsp3) is 0.167. The quantitative estimate of drug-likeness (QED) is 0.771. The van der Waals surface area contributed by atoms with Gasteiger partial charge in [0.15, 0.2) is 12.0 Å². The highest BCUT2D eigenvalue weighted by atomic mass is 32.2. The van der Waals surface area contributed by atoms with Gasteiger partial charge in [0.05, 0.1) is 0 Å². The highest BCUT2D eigenvalue weighted by molar-refractivity contribution is 7.88. The first kappa shape index (κ1) is 13.4. The molecule has 100 valence electrons. The lowest BCUT2D eigenvalue weighted by molar-refractivity contribution is 0.109. The molecule has 0 aromatic carbocycles. The minimum Gasteiger partial charge on any atom is -0.440 e. The lowest BCUT2D eigenvalue weighted by Gasteiger charge is -2.15. The number of rotatable bonds is 5. The van der Waals surface area contributed by atoms with Crippen LogP contribution in [0.4, 0.5) is 0 Å². The Morgan fingerprint density at radius 2 is 1.95 bits per heavy atom. The minimum absolute atomic E-state index is 0.0177. The molecule has 0 amide bonds. The number of pyridine rings is 1. The Kier molecular flexibility index (Phi) is 3.77. The van der Waals surface area contributed by atoms with Gasteiger partial charge < -0.3 is 4.42 Å². The maximum atomic E-state index is 12.2. The maximum Gasteiger partial charge on any atom is 0.276 e. The van der Waals surface area contributed by atoms with E-state index in [1.54, 1.807) is 24.5 Å². The lowest BCUT2D eigenvalue weighted by atomic mass is 10.3. The molecule has 0 saturated heterocycles. The zero-order valence-electron chi connectivity index (χ0n) is 10.2. The molecule has 2 aromatic rings. The molecule has 0 radical (unpaired) electrons. The highest BCUT2D eigenvalue weighted by Crippen LogP contribution is 2.18. The first-order valence-corrected chi connectivity index (χ1v) is 6.88. The Morgan fingerprint density at radius 1 is 1.26 bits per heavy atom. The second-order valence-corrected chi connectivity index (χ2v) is 5.87. The number of hydrogen-bond acceptors (Lipinski definition) is 5. The van der Waals surface area contributed by atoms with Crippen LogP contribution >= 0.6 is 0 Å². The van der Waals surface area contributed by atoms with Gasteiger partial charge in [0.25, 0.3) is 10.0 Å². The molecule has 0 N–H and O–H groups in total. The Hall–Kier alpha value is -1.99. The van der Waals surface area contributed by atoms with Crippen molar-refractivity contribution in [3.05, 3.63) is 48.0 Å². The van der Waals surface area contributed by atoms with Crippen molar-refractivity contribution in [3.63, 3.8) is 0 Å². The molecular weight excluding hydrogens is 268 g/mol. The van der Waals surface area contributed by atoms with Crippen LogP contribution < -0.4 is 0 Å². The summed E-state index contributed by atoms with van der Waals surface area (Å²) >= 11 is 0. The van der Waals surface area contributed by atoms with Gasteiger partial charge in [0, 0.05) is 26.0 Å². The van der Waals surface area contributed by atoms with Crippen LogP contribution in [-0.4, -0.2) is 31.0 Å².